The Kier molecular flexibility index (Phi) is 10.7. The number of esters is 1. The van der Waals surface area contributed by atoms with Gasteiger partial charge in [-0.15, -0.1) is 0 Å². The molecule has 2 heteroatoms. The number of ether oxygens (including phenoxy) is 1. The molecule has 1 aromatic rings. The molecule has 0 spiro atoms. The van der Waals surface area contributed by atoms with E-state index in [4.69, 9.17) is 4.74 Å². The Morgan fingerprint density at radius 3 is 2.36 bits per heavy atom. The molecule has 1 aromatic carbocycles. The van der Waals surface area contributed by atoms with Crippen LogP contribution in [0.1, 0.15) is 96.0 Å². The lowest BCUT2D eigenvalue weighted by Crippen LogP contribution is -2.13. The third-order valence-electron chi connectivity index (χ3n) is 5.85. The molecule has 0 amide bonds. The van der Waals surface area contributed by atoms with Crippen molar-refractivity contribution in [3.8, 4) is 5.75 Å². The molecular weight excluding hydrogens is 344 g/mol. The van der Waals surface area contributed by atoms with E-state index < -0.39 is 0 Å². The first kappa shape index (κ1) is 22.5. The fourth-order valence-corrected chi connectivity index (χ4v) is 4.13. The highest BCUT2D eigenvalue weighted by Crippen LogP contribution is 2.38. The summed E-state index contributed by atoms with van der Waals surface area (Å²) in [6.45, 7) is 4.34. The Bertz CT molecular complexity index is 604. The Labute approximate surface area is 172 Å². The van der Waals surface area contributed by atoms with Crippen molar-refractivity contribution in [1.82, 2.24) is 0 Å². The molecule has 0 atom stereocenters. The number of unbranched alkanes of at least 4 members (excludes halogenated alkanes) is 4. The van der Waals surface area contributed by atoms with Crippen molar-refractivity contribution < 1.29 is 9.53 Å². The second kappa shape index (κ2) is 13.4. The minimum Gasteiger partial charge on any atom is -0.423 e. The summed E-state index contributed by atoms with van der Waals surface area (Å²) in [5, 5.41) is 0. The fraction of sp³-hybridized carbons (Fsp3) is 0.577. The average molecular weight is 383 g/mol. The molecule has 0 aliphatic heterocycles. The Morgan fingerprint density at radius 2 is 1.68 bits per heavy atom. The molecule has 1 saturated carbocycles. The van der Waals surface area contributed by atoms with Gasteiger partial charge in [-0.25, -0.2) is 4.79 Å². The molecule has 1 aliphatic carbocycles. The average Bonchev–Trinajstić information content (AvgIpc) is 2.72. The summed E-state index contributed by atoms with van der Waals surface area (Å²) in [7, 11) is 0. The second-order valence-corrected chi connectivity index (χ2v) is 8.11. The highest BCUT2D eigenvalue weighted by Gasteiger charge is 2.22. The standard InChI is InChI=1S/C26H38O2/c1-3-5-7-9-10-12-22-14-16-23(17-15-22)24-18-20-25(21-19-24)28-26(27)13-11-8-6-4-2/h6,8,11,13,18-23H,3-5,7,9-10,12,14-17H2,1-2H3/b8-6+,13-11+. The van der Waals surface area contributed by atoms with E-state index >= 15 is 0 Å². The first-order valence-electron chi connectivity index (χ1n) is 11.4. The third-order valence-corrected chi connectivity index (χ3v) is 5.85. The number of allylic oxidation sites excluding steroid dienone is 3. The van der Waals surface area contributed by atoms with Gasteiger partial charge < -0.3 is 4.74 Å². The highest BCUT2D eigenvalue weighted by atomic mass is 16.5. The highest BCUT2D eigenvalue weighted by molar-refractivity contribution is 5.84. The maximum Gasteiger partial charge on any atom is 0.336 e. The van der Waals surface area contributed by atoms with Crippen molar-refractivity contribution in [3.63, 3.8) is 0 Å². The van der Waals surface area contributed by atoms with Crippen LogP contribution in [0.5, 0.6) is 5.75 Å². The van der Waals surface area contributed by atoms with Gasteiger partial charge in [0, 0.05) is 6.08 Å². The summed E-state index contributed by atoms with van der Waals surface area (Å²) < 4.78 is 5.37. The fourth-order valence-electron chi connectivity index (χ4n) is 4.13. The number of carbonyl (C=O) groups is 1. The Hall–Kier alpha value is -1.83. The van der Waals surface area contributed by atoms with E-state index in [9.17, 15) is 4.79 Å². The summed E-state index contributed by atoms with van der Waals surface area (Å²) in [5.41, 5.74) is 1.39. The van der Waals surface area contributed by atoms with E-state index in [2.05, 4.69) is 26.0 Å². The van der Waals surface area contributed by atoms with Crippen LogP contribution in [0.15, 0.2) is 48.6 Å². The molecule has 0 aromatic heterocycles. The zero-order valence-corrected chi connectivity index (χ0v) is 17.9. The molecule has 2 nitrogen and oxygen atoms in total. The Balaban J connectivity index is 1.71. The van der Waals surface area contributed by atoms with Gasteiger partial charge in [0.15, 0.2) is 0 Å². The van der Waals surface area contributed by atoms with Crippen molar-refractivity contribution in [2.45, 2.75) is 90.4 Å². The molecule has 0 heterocycles. The van der Waals surface area contributed by atoms with Crippen LogP contribution in [0.4, 0.5) is 0 Å². The van der Waals surface area contributed by atoms with Gasteiger partial charge in [-0.2, -0.15) is 0 Å². The number of rotatable bonds is 11. The molecule has 0 radical (unpaired) electrons. The van der Waals surface area contributed by atoms with E-state index in [0.29, 0.717) is 11.7 Å². The van der Waals surface area contributed by atoms with Gasteiger partial charge in [0.2, 0.25) is 0 Å². The lowest BCUT2D eigenvalue weighted by molar-refractivity contribution is -0.128. The van der Waals surface area contributed by atoms with Crippen LogP contribution in [-0.4, -0.2) is 5.97 Å². The summed E-state index contributed by atoms with van der Waals surface area (Å²) in [4.78, 5) is 11.8. The quantitative estimate of drug-likeness (QED) is 0.129. The van der Waals surface area contributed by atoms with Crippen molar-refractivity contribution in [3.05, 3.63) is 54.1 Å². The predicted molar refractivity (Wildman–Crippen MR) is 119 cm³/mol. The molecule has 0 unspecified atom stereocenters. The van der Waals surface area contributed by atoms with Crippen LogP contribution in [0.3, 0.4) is 0 Å². The first-order valence-corrected chi connectivity index (χ1v) is 11.4. The Morgan fingerprint density at radius 1 is 0.964 bits per heavy atom. The van der Waals surface area contributed by atoms with Gasteiger partial charge in [-0.1, -0.05) is 82.7 Å². The molecule has 1 fully saturated rings. The lowest BCUT2D eigenvalue weighted by Gasteiger charge is -2.29. The van der Waals surface area contributed by atoms with Crippen LogP contribution < -0.4 is 4.74 Å². The van der Waals surface area contributed by atoms with Crippen LogP contribution in [0, 0.1) is 5.92 Å². The van der Waals surface area contributed by atoms with Gasteiger partial charge in [-0.3, -0.25) is 0 Å². The molecule has 2 rings (SSSR count). The molecule has 0 N–H and O–H groups in total. The molecule has 154 valence electrons. The largest absolute Gasteiger partial charge is 0.423 e. The maximum absolute atomic E-state index is 11.8. The topological polar surface area (TPSA) is 26.3 Å². The molecule has 28 heavy (non-hydrogen) atoms. The van der Waals surface area contributed by atoms with Crippen LogP contribution in [0.25, 0.3) is 0 Å². The van der Waals surface area contributed by atoms with E-state index in [1.807, 2.05) is 24.3 Å². The van der Waals surface area contributed by atoms with Gasteiger partial charge in [-0.05, 0) is 61.6 Å². The maximum atomic E-state index is 11.8. The zero-order chi connectivity index (χ0) is 20.0. The van der Waals surface area contributed by atoms with Crippen LogP contribution in [-0.2, 0) is 4.79 Å². The minimum absolute atomic E-state index is 0.326. The first-order chi connectivity index (χ1) is 13.7. The normalized spacial score (nSPS) is 20.1. The van der Waals surface area contributed by atoms with Gasteiger partial charge in [0.1, 0.15) is 5.75 Å². The number of hydrogen-bond donors (Lipinski definition) is 0. The third kappa shape index (κ3) is 8.46. The second-order valence-electron chi connectivity index (χ2n) is 8.11. The van der Waals surface area contributed by atoms with E-state index in [1.165, 1.54) is 75.8 Å². The summed E-state index contributed by atoms with van der Waals surface area (Å²) in [5.74, 6) is 1.90. The van der Waals surface area contributed by atoms with E-state index in [0.717, 1.165) is 12.3 Å². The lowest BCUT2D eigenvalue weighted by atomic mass is 9.77. The summed E-state index contributed by atoms with van der Waals surface area (Å²) in [6.07, 6.45) is 21.7. The van der Waals surface area contributed by atoms with Gasteiger partial charge in [0.05, 0.1) is 0 Å². The van der Waals surface area contributed by atoms with Crippen LogP contribution >= 0.6 is 0 Å². The van der Waals surface area contributed by atoms with Crippen molar-refractivity contribution in [2.24, 2.45) is 5.92 Å². The predicted octanol–water partition coefficient (Wildman–Crippen LogP) is 7.75. The van der Waals surface area contributed by atoms with Crippen molar-refractivity contribution in [2.75, 3.05) is 0 Å². The van der Waals surface area contributed by atoms with Crippen molar-refractivity contribution >= 4 is 5.97 Å². The summed E-state index contributed by atoms with van der Waals surface area (Å²) in [6, 6.07) is 8.14. The van der Waals surface area contributed by atoms with Crippen molar-refractivity contribution in [1.29, 1.82) is 0 Å². The van der Waals surface area contributed by atoms with E-state index in [1.54, 1.807) is 6.08 Å². The summed E-state index contributed by atoms with van der Waals surface area (Å²) >= 11 is 0. The number of carbonyl (C=O) groups excluding carboxylic acids is 1. The number of benzene rings is 1. The minimum atomic E-state index is -0.326. The van der Waals surface area contributed by atoms with Crippen LogP contribution in [0.2, 0.25) is 0 Å². The van der Waals surface area contributed by atoms with Gasteiger partial charge >= 0.3 is 5.97 Å². The molecule has 0 bridgehead atoms. The smallest absolute Gasteiger partial charge is 0.336 e. The monoisotopic (exact) mass is 382 g/mol. The number of hydrogen-bond acceptors (Lipinski definition) is 2. The zero-order valence-electron chi connectivity index (χ0n) is 17.9. The van der Waals surface area contributed by atoms with Gasteiger partial charge in [0.25, 0.3) is 0 Å². The van der Waals surface area contributed by atoms with E-state index in [-0.39, 0.29) is 5.97 Å². The molecule has 0 saturated heterocycles. The SMILES string of the molecule is CC/C=C/C=C/C(=O)Oc1ccc(C2CCC(CCCCCCC)CC2)cc1. The molecular formula is C26H38O2. The molecule has 1 aliphatic rings.